The summed E-state index contributed by atoms with van der Waals surface area (Å²) in [7, 11) is -9.24. The van der Waals surface area contributed by atoms with Gasteiger partial charge in [0.15, 0.2) is 0 Å². The van der Waals surface area contributed by atoms with Crippen LogP contribution in [0.25, 0.3) is 10.8 Å². The average Bonchev–Trinajstić information content (AvgIpc) is 2.26. The van der Waals surface area contributed by atoms with Crippen LogP contribution in [-0.2, 0) is 25.3 Å². The monoisotopic (exact) mass is 303 g/mol. The summed E-state index contributed by atoms with van der Waals surface area (Å²) < 4.78 is 62.1. The Labute approximate surface area is 108 Å². The van der Waals surface area contributed by atoms with Gasteiger partial charge in [0.2, 0.25) is 5.75 Å². The van der Waals surface area contributed by atoms with Gasteiger partial charge >= 0.3 is 0 Å². The minimum absolute atomic E-state index is 0.123. The Balaban J connectivity index is 2.96. The molecule has 0 unspecified atom stereocenters. The molecule has 0 aromatic heterocycles. The lowest BCUT2D eigenvalue weighted by molar-refractivity contribution is 0.346. The molecule has 7 nitrogen and oxygen atoms in total. The highest BCUT2D eigenvalue weighted by atomic mass is 32.2. The van der Waals surface area contributed by atoms with Crippen molar-refractivity contribution in [3.8, 4) is 5.75 Å². The normalized spacial score (nSPS) is 12.7. The van der Waals surface area contributed by atoms with Crippen molar-refractivity contribution in [1.29, 1.82) is 0 Å². The van der Waals surface area contributed by atoms with E-state index in [9.17, 15) is 21.9 Å². The van der Waals surface area contributed by atoms with Crippen LogP contribution in [0.1, 0.15) is 0 Å². The van der Waals surface area contributed by atoms with Crippen molar-refractivity contribution in [3.05, 3.63) is 30.3 Å². The number of hydrogen-bond donors (Lipinski definition) is 2. The Bertz CT molecular complexity index is 866. The summed E-state index contributed by atoms with van der Waals surface area (Å²) in [5, 5.41) is 11.5. The Kier molecular flexibility index (Phi) is 3.01. The lowest BCUT2D eigenvalue weighted by Crippen LogP contribution is -2.01. The Morgan fingerprint density at radius 1 is 0.737 bits per heavy atom. The van der Waals surface area contributed by atoms with Gasteiger partial charge in [0.05, 0.1) is 0 Å². The van der Waals surface area contributed by atoms with Gasteiger partial charge in [0.1, 0.15) is 9.79 Å². The standard InChI is InChI=1S/C10H7O7S2/c11-10-7-2-1-3-8(18(12,13)14)6(7)4-5-9(10)19(15,16)17/h1-5H,(H,12,13,14)(H,15,16,17). The first kappa shape index (κ1) is 13.7. The van der Waals surface area contributed by atoms with Crippen LogP contribution in [0.4, 0.5) is 0 Å². The summed E-state index contributed by atoms with van der Waals surface area (Å²) in [6.07, 6.45) is 0. The van der Waals surface area contributed by atoms with Crippen LogP contribution in [0, 0.1) is 0 Å². The van der Waals surface area contributed by atoms with Gasteiger partial charge in [-0.15, -0.1) is 0 Å². The Morgan fingerprint density at radius 2 is 1.32 bits per heavy atom. The van der Waals surface area contributed by atoms with Crippen LogP contribution >= 0.6 is 0 Å². The van der Waals surface area contributed by atoms with Gasteiger partial charge in [-0.25, -0.2) is 0 Å². The molecule has 0 aliphatic carbocycles. The molecule has 0 fully saturated rings. The predicted octanol–water partition coefficient (Wildman–Crippen LogP) is 1.48. The summed E-state index contributed by atoms with van der Waals surface area (Å²) in [6.45, 7) is 0. The van der Waals surface area contributed by atoms with Crippen LogP contribution < -0.4 is 0 Å². The highest BCUT2D eigenvalue weighted by Gasteiger charge is 2.22. The Morgan fingerprint density at radius 3 is 1.84 bits per heavy atom. The van der Waals surface area contributed by atoms with Gasteiger partial charge in [0.25, 0.3) is 20.2 Å². The van der Waals surface area contributed by atoms with Crippen molar-refractivity contribution in [2.45, 2.75) is 9.79 Å². The van der Waals surface area contributed by atoms with Crippen LogP contribution in [0.5, 0.6) is 5.75 Å². The summed E-state index contributed by atoms with van der Waals surface area (Å²) in [6, 6.07) is 5.27. The molecule has 2 N–H and O–H groups in total. The number of hydrogen-bond acceptors (Lipinski definition) is 4. The quantitative estimate of drug-likeness (QED) is 0.808. The molecule has 1 radical (unpaired) electrons. The highest BCUT2D eigenvalue weighted by molar-refractivity contribution is 7.86. The van der Waals surface area contributed by atoms with E-state index in [4.69, 9.17) is 9.11 Å². The van der Waals surface area contributed by atoms with E-state index in [2.05, 4.69) is 0 Å². The minimum atomic E-state index is -4.70. The third-order valence-electron chi connectivity index (χ3n) is 2.49. The maximum absolute atomic E-state index is 11.8. The van der Waals surface area contributed by atoms with E-state index in [1.807, 2.05) is 0 Å². The molecule has 2 aromatic rings. The van der Waals surface area contributed by atoms with E-state index in [1.54, 1.807) is 0 Å². The third kappa shape index (κ3) is 2.40. The second kappa shape index (κ2) is 4.17. The number of rotatable bonds is 2. The molecule has 0 heterocycles. The van der Waals surface area contributed by atoms with E-state index in [0.29, 0.717) is 0 Å². The van der Waals surface area contributed by atoms with E-state index in [0.717, 1.165) is 18.2 Å². The topological polar surface area (TPSA) is 129 Å². The lowest BCUT2D eigenvalue weighted by atomic mass is 10.1. The first-order valence-corrected chi connectivity index (χ1v) is 7.68. The van der Waals surface area contributed by atoms with Crippen LogP contribution in [0.15, 0.2) is 40.1 Å². The van der Waals surface area contributed by atoms with Gasteiger partial charge in [-0.3, -0.25) is 14.2 Å². The zero-order valence-electron chi connectivity index (χ0n) is 9.14. The molecule has 2 aromatic carbocycles. The molecule has 101 valence electrons. The maximum Gasteiger partial charge on any atom is 0.298 e. The van der Waals surface area contributed by atoms with E-state index in [1.165, 1.54) is 12.1 Å². The van der Waals surface area contributed by atoms with E-state index < -0.39 is 35.8 Å². The van der Waals surface area contributed by atoms with Crippen LogP contribution in [0.3, 0.4) is 0 Å². The molecule has 9 heteroatoms. The fraction of sp³-hybridized carbons (Fsp3) is 0. The summed E-state index contributed by atoms with van der Waals surface area (Å²) >= 11 is 0. The summed E-state index contributed by atoms with van der Waals surface area (Å²) in [4.78, 5) is -1.36. The zero-order chi connectivity index (χ0) is 14.4. The highest BCUT2D eigenvalue weighted by Crippen LogP contribution is 2.35. The zero-order valence-corrected chi connectivity index (χ0v) is 10.8. The maximum atomic E-state index is 11.8. The van der Waals surface area contributed by atoms with Gasteiger partial charge in [0, 0.05) is 10.8 Å². The second-order valence-corrected chi connectivity index (χ2v) is 6.47. The van der Waals surface area contributed by atoms with Crippen LogP contribution in [-0.4, -0.2) is 25.9 Å². The first-order chi connectivity index (χ1) is 8.62. The summed E-state index contributed by atoms with van der Waals surface area (Å²) in [5.74, 6) is -1.04. The molecule has 0 amide bonds. The SMILES string of the molecule is [O]c1c(S(=O)(=O)O)ccc2c(S(=O)(=O)O)cccc12. The minimum Gasteiger partial charge on any atom is -0.288 e. The fourth-order valence-electron chi connectivity index (χ4n) is 1.71. The lowest BCUT2D eigenvalue weighted by Gasteiger charge is -2.06. The van der Waals surface area contributed by atoms with Gasteiger partial charge < -0.3 is 0 Å². The van der Waals surface area contributed by atoms with Crippen LogP contribution in [0.2, 0.25) is 0 Å². The molecular weight excluding hydrogens is 296 g/mol. The van der Waals surface area contributed by atoms with Gasteiger partial charge in [-0.05, 0) is 12.1 Å². The smallest absolute Gasteiger partial charge is 0.288 e. The second-order valence-electron chi connectivity index (χ2n) is 3.69. The molecular formula is C10H7O7S2. The van der Waals surface area contributed by atoms with Crippen molar-refractivity contribution in [2.75, 3.05) is 0 Å². The summed E-state index contributed by atoms with van der Waals surface area (Å²) in [5.41, 5.74) is 0. The third-order valence-corrected chi connectivity index (χ3v) is 4.28. The molecule has 0 aliphatic rings. The Hall–Kier alpha value is -1.68. The average molecular weight is 303 g/mol. The molecule has 0 atom stereocenters. The fourth-order valence-corrected chi connectivity index (χ4v) is 3.00. The van der Waals surface area contributed by atoms with Crippen molar-refractivity contribution in [1.82, 2.24) is 0 Å². The predicted molar refractivity (Wildman–Crippen MR) is 63.7 cm³/mol. The molecule has 0 spiro atoms. The first-order valence-electron chi connectivity index (χ1n) is 4.80. The number of benzene rings is 2. The van der Waals surface area contributed by atoms with E-state index in [-0.39, 0.29) is 10.8 Å². The molecule has 0 aliphatic heterocycles. The largest absolute Gasteiger partial charge is 0.298 e. The van der Waals surface area contributed by atoms with Crippen molar-refractivity contribution in [3.63, 3.8) is 0 Å². The molecule has 0 saturated carbocycles. The van der Waals surface area contributed by atoms with Crippen molar-refractivity contribution in [2.24, 2.45) is 0 Å². The molecule has 0 saturated heterocycles. The van der Waals surface area contributed by atoms with Gasteiger partial charge in [-0.2, -0.15) is 16.8 Å². The van der Waals surface area contributed by atoms with Crippen molar-refractivity contribution < 1.29 is 31.0 Å². The van der Waals surface area contributed by atoms with Crippen molar-refractivity contribution >= 4 is 31.0 Å². The number of fused-ring (bicyclic) bond motifs is 1. The molecule has 19 heavy (non-hydrogen) atoms. The molecule has 0 bridgehead atoms. The van der Waals surface area contributed by atoms with Gasteiger partial charge in [-0.1, -0.05) is 18.2 Å². The molecule has 2 rings (SSSR count). The van der Waals surface area contributed by atoms with E-state index >= 15 is 0 Å².